The average molecular weight is 192 g/mol. The molecular weight excluding hydrogens is 180 g/mol. The van der Waals surface area contributed by atoms with Crippen LogP contribution in [-0.2, 0) is 4.79 Å². The Balaban J connectivity index is 1.94. The van der Waals surface area contributed by atoms with Crippen molar-refractivity contribution < 1.29 is 4.79 Å². The molecule has 0 aromatic carbocycles. The largest absolute Gasteiger partial charge is 0.309 e. The third-order valence-electron chi connectivity index (χ3n) is 2.07. The Labute approximate surface area is 81.9 Å². The molecule has 2 rings (SSSR count). The molecule has 1 aliphatic heterocycles. The van der Waals surface area contributed by atoms with Gasteiger partial charge >= 0.3 is 0 Å². The van der Waals surface area contributed by atoms with Crippen LogP contribution in [0.1, 0.15) is 6.42 Å². The van der Waals surface area contributed by atoms with Gasteiger partial charge in [-0.05, 0) is 18.6 Å². The molecule has 2 heterocycles. The standard InChI is InChI=1S/C9H12N4O/c14-9(7-4-6-11-13-7)12-8-3-1-2-5-10-8/h1-3,5,7,11,13H,4,6H2,(H,10,12,14). The van der Waals surface area contributed by atoms with Gasteiger partial charge in [-0.3, -0.25) is 10.2 Å². The smallest absolute Gasteiger partial charge is 0.244 e. The highest BCUT2D eigenvalue weighted by Crippen LogP contribution is 2.03. The maximum atomic E-state index is 11.6. The zero-order valence-corrected chi connectivity index (χ0v) is 7.66. The zero-order chi connectivity index (χ0) is 9.80. The third-order valence-corrected chi connectivity index (χ3v) is 2.07. The van der Waals surface area contributed by atoms with Gasteiger partial charge < -0.3 is 5.32 Å². The van der Waals surface area contributed by atoms with E-state index < -0.39 is 0 Å². The van der Waals surface area contributed by atoms with Crippen molar-refractivity contribution in [1.82, 2.24) is 15.8 Å². The first-order chi connectivity index (χ1) is 6.86. The average Bonchev–Trinajstić information content (AvgIpc) is 2.72. The van der Waals surface area contributed by atoms with Crippen LogP contribution in [0, 0.1) is 0 Å². The number of anilines is 1. The highest BCUT2D eigenvalue weighted by atomic mass is 16.2. The van der Waals surface area contributed by atoms with E-state index in [0.29, 0.717) is 5.82 Å². The van der Waals surface area contributed by atoms with Gasteiger partial charge in [0.1, 0.15) is 11.9 Å². The lowest BCUT2D eigenvalue weighted by Crippen LogP contribution is -2.39. The first-order valence-electron chi connectivity index (χ1n) is 4.56. The summed E-state index contributed by atoms with van der Waals surface area (Å²) in [7, 11) is 0. The Bertz CT molecular complexity index is 308. The third kappa shape index (κ3) is 2.07. The summed E-state index contributed by atoms with van der Waals surface area (Å²) in [6.07, 6.45) is 2.45. The molecule has 14 heavy (non-hydrogen) atoms. The SMILES string of the molecule is O=C(Nc1ccccn1)C1CCNN1. The Hall–Kier alpha value is -1.46. The van der Waals surface area contributed by atoms with E-state index in [1.165, 1.54) is 0 Å². The van der Waals surface area contributed by atoms with E-state index in [0.717, 1.165) is 13.0 Å². The molecule has 5 heteroatoms. The molecule has 5 nitrogen and oxygen atoms in total. The second kappa shape index (κ2) is 4.17. The van der Waals surface area contributed by atoms with Gasteiger partial charge in [-0.15, -0.1) is 0 Å². The minimum atomic E-state index is -0.156. The molecule has 1 aliphatic rings. The van der Waals surface area contributed by atoms with Gasteiger partial charge in [0.05, 0.1) is 0 Å². The monoisotopic (exact) mass is 192 g/mol. The Kier molecular flexibility index (Phi) is 2.71. The first-order valence-corrected chi connectivity index (χ1v) is 4.56. The lowest BCUT2D eigenvalue weighted by atomic mass is 10.2. The second-order valence-electron chi connectivity index (χ2n) is 3.12. The number of hydrogen-bond acceptors (Lipinski definition) is 4. The summed E-state index contributed by atoms with van der Waals surface area (Å²) in [6.45, 7) is 0.820. The van der Waals surface area contributed by atoms with Gasteiger partial charge in [0.15, 0.2) is 0 Å². The summed E-state index contributed by atoms with van der Waals surface area (Å²) in [5, 5.41) is 2.73. The topological polar surface area (TPSA) is 66.0 Å². The molecule has 1 aromatic heterocycles. The van der Waals surface area contributed by atoms with Crippen molar-refractivity contribution in [3.05, 3.63) is 24.4 Å². The predicted octanol–water partition coefficient (Wildman–Crippen LogP) is -0.113. The molecule has 1 fully saturated rings. The maximum absolute atomic E-state index is 11.6. The predicted molar refractivity (Wildman–Crippen MR) is 52.4 cm³/mol. The minimum absolute atomic E-state index is 0.0475. The van der Waals surface area contributed by atoms with E-state index in [1.54, 1.807) is 12.3 Å². The van der Waals surface area contributed by atoms with E-state index in [2.05, 4.69) is 21.2 Å². The van der Waals surface area contributed by atoms with Crippen molar-refractivity contribution in [2.24, 2.45) is 0 Å². The molecule has 0 aliphatic carbocycles. The molecular formula is C9H12N4O. The van der Waals surface area contributed by atoms with Crippen LogP contribution < -0.4 is 16.2 Å². The summed E-state index contributed by atoms with van der Waals surface area (Å²) < 4.78 is 0. The van der Waals surface area contributed by atoms with E-state index >= 15 is 0 Å². The number of hydrazine groups is 1. The van der Waals surface area contributed by atoms with Crippen LogP contribution >= 0.6 is 0 Å². The number of hydrogen-bond donors (Lipinski definition) is 3. The highest BCUT2D eigenvalue weighted by molar-refractivity contribution is 5.94. The number of carbonyl (C=O) groups is 1. The fourth-order valence-electron chi connectivity index (χ4n) is 1.33. The summed E-state index contributed by atoms with van der Waals surface area (Å²) >= 11 is 0. The number of nitrogens with one attached hydrogen (secondary N) is 3. The van der Waals surface area contributed by atoms with Gasteiger partial charge in [0, 0.05) is 12.7 Å². The maximum Gasteiger partial charge on any atom is 0.244 e. The molecule has 0 bridgehead atoms. The van der Waals surface area contributed by atoms with Crippen LogP contribution in [-0.4, -0.2) is 23.5 Å². The van der Waals surface area contributed by atoms with Crippen molar-refractivity contribution >= 4 is 11.7 Å². The highest BCUT2D eigenvalue weighted by Gasteiger charge is 2.21. The second-order valence-corrected chi connectivity index (χ2v) is 3.12. The van der Waals surface area contributed by atoms with Crippen LogP contribution in [0.2, 0.25) is 0 Å². The van der Waals surface area contributed by atoms with Crippen LogP contribution in [0.5, 0.6) is 0 Å². The fraction of sp³-hybridized carbons (Fsp3) is 0.333. The number of carbonyl (C=O) groups excluding carboxylic acids is 1. The van der Waals surface area contributed by atoms with E-state index in [4.69, 9.17) is 0 Å². The number of aromatic nitrogens is 1. The van der Waals surface area contributed by atoms with Gasteiger partial charge in [0.2, 0.25) is 5.91 Å². The molecule has 1 aromatic rings. The summed E-state index contributed by atoms with van der Waals surface area (Å²) in [6, 6.07) is 5.26. The van der Waals surface area contributed by atoms with Crippen LogP contribution in [0.4, 0.5) is 5.82 Å². The van der Waals surface area contributed by atoms with Crippen molar-refractivity contribution in [2.45, 2.75) is 12.5 Å². The fourth-order valence-corrected chi connectivity index (χ4v) is 1.33. The summed E-state index contributed by atoms with van der Waals surface area (Å²) in [4.78, 5) is 15.6. The Morgan fingerprint density at radius 2 is 2.50 bits per heavy atom. The molecule has 0 spiro atoms. The van der Waals surface area contributed by atoms with Crippen molar-refractivity contribution in [3.63, 3.8) is 0 Å². The molecule has 1 unspecified atom stereocenters. The Morgan fingerprint density at radius 3 is 3.14 bits per heavy atom. The molecule has 0 saturated carbocycles. The number of nitrogens with zero attached hydrogens (tertiary/aromatic N) is 1. The van der Waals surface area contributed by atoms with Crippen LogP contribution in [0.25, 0.3) is 0 Å². The van der Waals surface area contributed by atoms with Crippen LogP contribution in [0.15, 0.2) is 24.4 Å². The van der Waals surface area contributed by atoms with Crippen LogP contribution in [0.3, 0.4) is 0 Å². The first kappa shape index (κ1) is 9.11. The van der Waals surface area contributed by atoms with Gasteiger partial charge in [0.25, 0.3) is 0 Å². The summed E-state index contributed by atoms with van der Waals surface area (Å²) in [5.74, 6) is 0.542. The van der Waals surface area contributed by atoms with Gasteiger partial charge in [-0.1, -0.05) is 6.07 Å². The number of rotatable bonds is 2. The molecule has 1 saturated heterocycles. The molecule has 1 atom stereocenters. The lowest BCUT2D eigenvalue weighted by molar-refractivity contribution is -0.117. The molecule has 3 N–H and O–H groups in total. The quantitative estimate of drug-likeness (QED) is 0.611. The summed E-state index contributed by atoms with van der Waals surface area (Å²) in [5.41, 5.74) is 5.79. The van der Waals surface area contributed by atoms with Crippen molar-refractivity contribution in [1.29, 1.82) is 0 Å². The van der Waals surface area contributed by atoms with E-state index in [-0.39, 0.29) is 11.9 Å². The van der Waals surface area contributed by atoms with Crippen molar-refractivity contribution in [3.8, 4) is 0 Å². The Morgan fingerprint density at radius 1 is 1.57 bits per heavy atom. The van der Waals surface area contributed by atoms with Gasteiger partial charge in [-0.25, -0.2) is 10.4 Å². The number of pyridine rings is 1. The minimum Gasteiger partial charge on any atom is -0.309 e. The van der Waals surface area contributed by atoms with E-state index in [1.807, 2.05) is 12.1 Å². The normalized spacial score (nSPS) is 20.7. The molecule has 1 amide bonds. The molecule has 0 radical (unpaired) electrons. The zero-order valence-electron chi connectivity index (χ0n) is 7.66. The van der Waals surface area contributed by atoms with Gasteiger partial charge in [-0.2, -0.15) is 0 Å². The lowest BCUT2D eigenvalue weighted by Gasteiger charge is -2.09. The number of amides is 1. The van der Waals surface area contributed by atoms with Crippen molar-refractivity contribution in [2.75, 3.05) is 11.9 Å². The molecule has 74 valence electrons. The van der Waals surface area contributed by atoms with E-state index in [9.17, 15) is 4.79 Å².